The van der Waals surface area contributed by atoms with Gasteiger partial charge in [-0.15, -0.1) is 0 Å². The van der Waals surface area contributed by atoms with Gasteiger partial charge in [-0.1, -0.05) is 20.8 Å². The number of amidine groups is 1. The number of ketones is 1. The zero-order chi connectivity index (χ0) is 14.2. The van der Waals surface area contributed by atoms with Gasteiger partial charge >= 0.3 is 0 Å². The Morgan fingerprint density at radius 3 is 2.68 bits per heavy atom. The van der Waals surface area contributed by atoms with Crippen LogP contribution in [0.4, 0.5) is 11.4 Å². The highest BCUT2D eigenvalue weighted by Crippen LogP contribution is 2.33. The summed E-state index contributed by atoms with van der Waals surface area (Å²) < 4.78 is 0. The SMILES string of the molecule is CC(C)(C)C(=O)C1=Nc2ccc([N+](=O)[O-])cc2ON1. The summed E-state index contributed by atoms with van der Waals surface area (Å²) in [5.74, 6) is 0.116. The second kappa shape index (κ2) is 4.34. The van der Waals surface area contributed by atoms with E-state index in [2.05, 4.69) is 10.5 Å². The van der Waals surface area contributed by atoms with E-state index in [-0.39, 0.29) is 23.1 Å². The standard InChI is InChI=1S/C12H13N3O4/c1-12(2,3)10(16)11-13-8-5-4-7(15(17)18)6-9(8)19-14-11/h4-6H,1-3H3,(H,13,14). The van der Waals surface area contributed by atoms with E-state index in [9.17, 15) is 14.9 Å². The molecule has 0 saturated carbocycles. The summed E-state index contributed by atoms with van der Waals surface area (Å²) in [6.45, 7) is 5.31. The van der Waals surface area contributed by atoms with Gasteiger partial charge in [-0.2, -0.15) is 0 Å². The number of nitrogens with zero attached hydrogens (tertiary/aromatic N) is 2. The highest BCUT2D eigenvalue weighted by atomic mass is 16.7. The molecule has 2 rings (SSSR count). The first-order valence-electron chi connectivity index (χ1n) is 5.64. The van der Waals surface area contributed by atoms with E-state index in [0.29, 0.717) is 5.69 Å². The van der Waals surface area contributed by atoms with Crippen LogP contribution >= 0.6 is 0 Å². The maximum absolute atomic E-state index is 12.0. The minimum absolute atomic E-state index is 0.0915. The molecule has 1 aliphatic rings. The number of nitro benzene ring substituents is 1. The molecule has 19 heavy (non-hydrogen) atoms. The predicted octanol–water partition coefficient (Wildman–Crippen LogP) is 2.14. The van der Waals surface area contributed by atoms with Crippen LogP contribution < -0.4 is 10.3 Å². The van der Waals surface area contributed by atoms with Gasteiger partial charge in [0.1, 0.15) is 5.69 Å². The molecule has 0 saturated heterocycles. The lowest BCUT2D eigenvalue weighted by molar-refractivity contribution is -0.384. The molecule has 0 aliphatic carbocycles. The third kappa shape index (κ3) is 2.54. The summed E-state index contributed by atoms with van der Waals surface area (Å²) in [6, 6.07) is 4.02. The van der Waals surface area contributed by atoms with E-state index in [1.54, 1.807) is 20.8 Å². The Bertz CT molecular complexity index is 587. The largest absolute Gasteiger partial charge is 0.378 e. The molecule has 7 nitrogen and oxygen atoms in total. The van der Waals surface area contributed by atoms with Gasteiger partial charge in [-0.05, 0) is 6.07 Å². The average molecular weight is 263 g/mol. The Kier molecular flexibility index (Phi) is 2.97. The molecule has 0 bridgehead atoms. The first-order chi connectivity index (χ1) is 8.79. The van der Waals surface area contributed by atoms with Crippen LogP contribution in [0, 0.1) is 15.5 Å². The van der Waals surface area contributed by atoms with Crippen LogP contribution in [-0.4, -0.2) is 16.5 Å². The summed E-state index contributed by atoms with van der Waals surface area (Å²) in [7, 11) is 0. The van der Waals surface area contributed by atoms with Crippen molar-refractivity contribution in [1.82, 2.24) is 5.48 Å². The highest BCUT2D eigenvalue weighted by molar-refractivity contribution is 6.40. The van der Waals surface area contributed by atoms with Crippen molar-refractivity contribution in [2.24, 2.45) is 10.4 Å². The van der Waals surface area contributed by atoms with Gasteiger partial charge in [0, 0.05) is 11.5 Å². The highest BCUT2D eigenvalue weighted by Gasteiger charge is 2.29. The molecule has 7 heteroatoms. The quantitative estimate of drug-likeness (QED) is 0.651. The molecule has 0 atom stereocenters. The number of carbonyl (C=O) groups excluding carboxylic acids is 1. The fraction of sp³-hybridized carbons (Fsp3) is 0.333. The Morgan fingerprint density at radius 2 is 2.11 bits per heavy atom. The van der Waals surface area contributed by atoms with E-state index >= 15 is 0 Å². The summed E-state index contributed by atoms with van der Waals surface area (Å²) in [5, 5.41) is 10.6. The Labute approximate surface area is 109 Å². The van der Waals surface area contributed by atoms with E-state index in [1.165, 1.54) is 18.2 Å². The predicted molar refractivity (Wildman–Crippen MR) is 68.4 cm³/mol. The van der Waals surface area contributed by atoms with Crippen molar-refractivity contribution >= 4 is 23.0 Å². The van der Waals surface area contributed by atoms with Gasteiger partial charge in [0.05, 0.1) is 11.0 Å². The molecule has 0 radical (unpaired) electrons. The fourth-order valence-electron chi connectivity index (χ4n) is 1.49. The van der Waals surface area contributed by atoms with Crippen LogP contribution in [-0.2, 0) is 4.79 Å². The number of hydroxylamine groups is 1. The normalized spacial score (nSPS) is 13.7. The monoisotopic (exact) mass is 263 g/mol. The van der Waals surface area contributed by atoms with Crippen molar-refractivity contribution in [3.05, 3.63) is 28.3 Å². The van der Waals surface area contributed by atoms with Crippen LogP contribution in [0.15, 0.2) is 23.2 Å². The third-order valence-electron chi connectivity index (χ3n) is 2.54. The summed E-state index contributed by atoms with van der Waals surface area (Å²) >= 11 is 0. The van der Waals surface area contributed by atoms with Crippen molar-refractivity contribution in [2.45, 2.75) is 20.8 Å². The zero-order valence-electron chi connectivity index (χ0n) is 10.8. The lowest BCUT2D eigenvalue weighted by Gasteiger charge is -2.22. The molecule has 0 aromatic heterocycles. The number of Topliss-reactive ketones (excluding diaryl/α,β-unsaturated/α-hetero) is 1. The van der Waals surface area contributed by atoms with Crippen LogP contribution in [0.5, 0.6) is 5.75 Å². The number of nitrogens with one attached hydrogen (secondary N) is 1. The molecule has 0 unspecified atom stereocenters. The lowest BCUT2D eigenvalue weighted by atomic mass is 9.90. The topological polar surface area (TPSA) is 93.8 Å². The molecule has 1 aromatic carbocycles. The fourth-order valence-corrected chi connectivity index (χ4v) is 1.49. The van der Waals surface area contributed by atoms with Gasteiger partial charge < -0.3 is 4.84 Å². The summed E-state index contributed by atoms with van der Waals surface area (Å²) in [5.41, 5.74) is 2.13. The molecule has 0 amide bonds. The molecule has 1 heterocycles. The molecule has 1 aromatic rings. The number of nitro groups is 1. The number of benzene rings is 1. The minimum Gasteiger partial charge on any atom is -0.378 e. The minimum atomic E-state index is -0.590. The van der Waals surface area contributed by atoms with E-state index in [4.69, 9.17) is 4.84 Å². The second-order valence-electron chi connectivity index (χ2n) is 5.15. The molecule has 1 N–H and O–H groups in total. The zero-order valence-corrected chi connectivity index (χ0v) is 10.8. The van der Waals surface area contributed by atoms with Crippen LogP contribution in [0.2, 0.25) is 0 Å². The van der Waals surface area contributed by atoms with Crippen LogP contribution in [0.1, 0.15) is 20.8 Å². The van der Waals surface area contributed by atoms with Crippen molar-refractivity contribution in [1.29, 1.82) is 0 Å². The number of fused-ring (bicyclic) bond motifs is 1. The van der Waals surface area contributed by atoms with Crippen molar-refractivity contribution in [3.8, 4) is 5.75 Å². The molecule has 0 spiro atoms. The second-order valence-corrected chi connectivity index (χ2v) is 5.15. The van der Waals surface area contributed by atoms with Crippen molar-refractivity contribution < 1.29 is 14.6 Å². The van der Waals surface area contributed by atoms with Gasteiger partial charge in [-0.3, -0.25) is 14.9 Å². The van der Waals surface area contributed by atoms with Crippen LogP contribution in [0.25, 0.3) is 0 Å². The summed E-state index contributed by atoms with van der Waals surface area (Å²) in [6.07, 6.45) is 0. The maximum atomic E-state index is 12.0. The van der Waals surface area contributed by atoms with Crippen molar-refractivity contribution in [2.75, 3.05) is 0 Å². The molecular weight excluding hydrogens is 250 g/mol. The number of non-ortho nitro benzene ring substituents is 1. The lowest BCUT2D eigenvalue weighted by Crippen LogP contribution is -2.41. The van der Waals surface area contributed by atoms with Crippen molar-refractivity contribution in [3.63, 3.8) is 0 Å². The first kappa shape index (κ1) is 13.0. The number of aliphatic imine (C=N–C) groups is 1. The number of rotatable bonds is 2. The molecule has 0 fully saturated rings. The molecule has 1 aliphatic heterocycles. The van der Waals surface area contributed by atoms with Gasteiger partial charge in [0.2, 0.25) is 11.6 Å². The van der Waals surface area contributed by atoms with Gasteiger partial charge in [0.15, 0.2) is 5.75 Å². The maximum Gasteiger partial charge on any atom is 0.273 e. The summed E-state index contributed by atoms with van der Waals surface area (Å²) in [4.78, 5) is 31.4. The first-order valence-corrected chi connectivity index (χ1v) is 5.64. The smallest absolute Gasteiger partial charge is 0.273 e. The van der Waals surface area contributed by atoms with E-state index < -0.39 is 10.3 Å². The Morgan fingerprint density at radius 1 is 1.42 bits per heavy atom. The van der Waals surface area contributed by atoms with Gasteiger partial charge in [0.25, 0.3) is 5.69 Å². The Balaban J connectivity index is 2.37. The van der Waals surface area contributed by atoms with E-state index in [1.807, 2.05) is 0 Å². The number of hydrogen-bond acceptors (Lipinski definition) is 6. The average Bonchev–Trinajstić information content (AvgIpc) is 2.35. The molecular formula is C12H13N3O4. The van der Waals surface area contributed by atoms with Gasteiger partial charge in [-0.25, -0.2) is 10.5 Å². The third-order valence-corrected chi connectivity index (χ3v) is 2.54. The number of hydrogen-bond donors (Lipinski definition) is 1. The molecule has 100 valence electrons. The Hall–Kier alpha value is -2.44. The number of carbonyl (C=O) groups is 1. The van der Waals surface area contributed by atoms with E-state index in [0.717, 1.165) is 0 Å². The van der Waals surface area contributed by atoms with Crippen LogP contribution in [0.3, 0.4) is 0 Å².